The van der Waals surface area contributed by atoms with E-state index < -0.39 is 6.10 Å². The Morgan fingerprint density at radius 1 is 1.27 bits per heavy atom. The number of rotatable bonds is 5. The van der Waals surface area contributed by atoms with Crippen LogP contribution in [0.3, 0.4) is 0 Å². The van der Waals surface area contributed by atoms with Crippen LogP contribution in [0.5, 0.6) is 11.5 Å². The van der Waals surface area contributed by atoms with E-state index in [2.05, 4.69) is 5.32 Å². The summed E-state index contributed by atoms with van der Waals surface area (Å²) in [5, 5.41) is 22.2. The van der Waals surface area contributed by atoms with Gasteiger partial charge in [-0.15, -0.1) is 0 Å². The molecule has 116 valence electrons. The number of aromatic hydroxyl groups is 1. The van der Waals surface area contributed by atoms with Crippen LogP contribution in [-0.2, 0) is 0 Å². The van der Waals surface area contributed by atoms with Gasteiger partial charge in [0.15, 0.2) is 0 Å². The number of phenols is 1. The van der Waals surface area contributed by atoms with Crippen LogP contribution < -0.4 is 10.1 Å². The number of aliphatic hydroxyl groups excluding tert-OH is 1. The molecule has 0 saturated heterocycles. The predicted molar refractivity (Wildman–Crippen MR) is 83.1 cm³/mol. The molecule has 5 nitrogen and oxygen atoms in total. The Kier molecular flexibility index (Phi) is 5.01. The zero-order valence-electron chi connectivity index (χ0n) is 12.5. The number of hydrogen-bond donors (Lipinski definition) is 3. The molecular weight excluding hydrogens is 282 g/mol. The zero-order valence-corrected chi connectivity index (χ0v) is 12.5. The molecular formula is C17H19NO4. The lowest BCUT2D eigenvalue weighted by molar-refractivity contribution is 0.0912. The maximum Gasteiger partial charge on any atom is 0.255 e. The van der Waals surface area contributed by atoms with Gasteiger partial charge in [0.1, 0.15) is 11.5 Å². The van der Waals surface area contributed by atoms with Gasteiger partial charge in [-0.25, -0.2) is 0 Å². The molecule has 0 aliphatic rings. The summed E-state index contributed by atoms with van der Waals surface area (Å²) in [5.74, 6) is 0.252. The molecule has 2 aromatic carbocycles. The fourth-order valence-corrected chi connectivity index (χ4v) is 2.23. The summed E-state index contributed by atoms with van der Waals surface area (Å²) >= 11 is 0. The molecule has 0 aliphatic heterocycles. The maximum atomic E-state index is 12.3. The van der Waals surface area contributed by atoms with Crippen molar-refractivity contribution >= 4 is 5.91 Å². The molecule has 2 aromatic rings. The lowest BCUT2D eigenvalue weighted by Gasteiger charge is -2.15. The maximum absolute atomic E-state index is 12.3. The number of benzene rings is 2. The van der Waals surface area contributed by atoms with E-state index in [1.54, 1.807) is 18.2 Å². The second kappa shape index (κ2) is 6.95. The number of ether oxygens (including phenoxy) is 1. The van der Waals surface area contributed by atoms with Crippen molar-refractivity contribution in [2.45, 2.75) is 13.0 Å². The summed E-state index contributed by atoms with van der Waals surface area (Å²) in [6.45, 7) is 1.86. The van der Waals surface area contributed by atoms with Gasteiger partial charge in [0.05, 0.1) is 18.8 Å². The topological polar surface area (TPSA) is 78.8 Å². The Balaban J connectivity index is 2.07. The number of aryl methyl sites for hydroxylation is 1. The Bertz CT molecular complexity index is 669. The van der Waals surface area contributed by atoms with Crippen LogP contribution in [0.15, 0.2) is 42.5 Å². The largest absolute Gasteiger partial charge is 0.508 e. The first-order valence-corrected chi connectivity index (χ1v) is 6.91. The third-order valence-corrected chi connectivity index (χ3v) is 3.39. The van der Waals surface area contributed by atoms with Crippen LogP contribution in [0.1, 0.15) is 27.6 Å². The number of hydrogen-bond acceptors (Lipinski definition) is 4. The first-order valence-electron chi connectivity index (χ1n) is 6.91. The summed E-state index contributed by atoms with van der Waals surface area (Å²) in [5.41, 5.74) is 1.79. The average molecular weight is 301 g/mol. The standard InChI is InChI=1S/C17H19NO4/c1-11-5-3-8-15(22-2)16(11)17(21)18-10-14(20)12-6-4-7-13(19)9-12/h3-9,14,19-20H,10H2,1-2H3,(H,18,21). The molecule has 0 saturated carbocycles. The molecule has 0 aliphatic carbocycles. The second-order valence-corrected chi connectivity index (χ2v) is 4.97. The van der Waals surface area contributed by atoms with Gasteiger partial charge in [-0.2, -0.15) is 0 Å². The van der Waals surface area contributed by atoms with Gasteiger partial charge in [-0.1, -0.05) is 24.3 Å². The Hall–Kier alpha value is -2.53. The smallest absolute Gasteiger partial charge is 0.255 e. The van der Waals surface area contributed by atoms with Gasteiger partial charge in [-0.05, 0) is 36.2 Å². The van der Waals surface area contributed by atoms with E-state index in [-0.39, 0.29) is 18.2 Å². The molecule has 0 heterocycles. The molecule has 0 radical (unpaired) electrons. The highest BCUT2D eigenvalue weighted by atomic mass is 16.5. The monoisotopic (exact) mass is 301 g/mol. The quantitative estimate of drug-likeness (QED) is 0.791. The minimum atomic E-state index is -0.897. The molecule has 2 rings (SSSR count). The zero-order chi connectivity index (χ0) is 16.1. The molecule has 5 heteroatoms. The minimum Gasteiger partial charge on any atom is -0.508 e. The molecule has 3 N–H and O–H groups in total. The minimum absolute atomic E-state index is 0.0414. The molecule has 22 heavy (non-hydrogen) atoms. The van der Waals surface area contributed by atoms with Gasteiger partial charge in [0, 0.05) is 6.54 Å². The van der Waals surface area contributed by atoms with Gasteiger partial charge in [0.25, 0.3) is 5.91 Å². The average Bonchev–Trinajstić information content (AvgIpc) is 2.51. The fourth-order valence-electron chi connectivity index (χ4n) is 2.23. The summed E-state index contributed by atoms with van der Waals surface area (Å²) in [6.07, 6.45) is -0.897. The summed E-state index contributed by atoms with van der Waals surface area (Å²) in [7, 11) is 1.51. The Morgan fingerprint density at radius 2 is 2.00 bits per heavy atom. The predicted octanol–water partition coefficient (Wildman–Crippen LogP) is 2.17. The van der Waals surface area contributed by atoms with Crippen molar-refractivity contribution in [3.05, 3.63) is 59.2 Å². The number of phenolic OH excluding ortho intramolecular Hbond substituents is 1. The molecule has 0 bridgehead atoms. The van der Waals surface area contributed by atoms with E-state index >= 15 is 0 Å². The normalized spacial score (nSPS) is 11.8. The highest BCUT2D eigenvalue weighted by Gasteiger charge is 2.16. The molecule has 1 amide bonds. The van der Waals surface area contributed by atoms with E-state index in [1.165, 1.54) is 19.2 Å². The van der Waals surface area contributed by atoms with Crippen LogP contribution in [0.25, 0.3) is 0 Å². The van der Waals surface area contributed by atoms with E-state index in [0.29, 0.717) is 16.9 Å². The van der Waals surface area contributed by atoms with E-state index in [0.717, 1.165) is 5.56 Å². The summed E-state index contributed by atoms with van der Waals surface area (Å²) < 4.78 is 5.20. The first-order chi connectivity index (χ1) is 10.5. The van der Waals surface area contributed by atoms with Crippen LogP contribution >= 0.6 is 0 Å². The van der Waals surface area contributed by atoms with Gasteiger partial charge in [0.2, 0.25) is 0 Å². The Morgan fingerprint density at radius 3 is 2.68 bits per heavy atom. The molecule has 1 unspecified atom stereocenters. The number of amides is 1. The van der Waals surface area contributed by atoms with E-state index in [9.17, 15) is 15.0 Å². The van der Waals surface area contributed by atoms with E-state index in [1.807, 2.05) is 19.1 Å². The number of methoxy groups -OCH3 is 1. The highest BCUT2D eigenvalue weighted by molar-refractivity contribution is 5.98. The highest BCUT2D eigenvalue weighted by Crippen LogP contribution is 2.22. The van der Waals surface area contributed by atoms with Crippen molar-refractivity contribution in [2.75, 3.05) is 13.7 Å². The summed E-state index contributed by atoms with van der Waals surface area (Å²) in [4.78, 5) is 12.3. The molecule has 1 atom stereocenters. The van der Waals surface area contributed by atoms with Crippen LogP contribution in [0, 0.1) is 6.92 Å². The number of carbonyl (C=O) groups excluding carboxylic acids is 1. The van der Waals surface area contributed by atoms with Crippen molar-refractivity contribution in [3.8, 4) is 11.5 Å². The van der Waals surface area contributed by atoms with Crippen molar-refractivity contribution in [3.63, 3.8) is 0 Å². The van der Waals surface area contributed by atoms with Crippen molar-refractivity contribution in [2.24, 2.45) is 0 Å². The van der Waals surface area contributed by atoms with Crippen LogP contribution in [0.4, 0.5) is 0 Å². The third kappa shape index (κ3) is 3.56. The van der Waals surface area contributed by atoms with Crippen molar-refractivity contribution in [1.82, 2.24) is 5.32 Å². The molecule has 0 fully saturated rings. The van der Waals surface area contributed by atoms with Crippen LogP contribution in [-0.4, -0.2) is 29.8 Å². The van der Waals surface area contributed by atoms with Gasteiger partial charge < -0.3 is 20.3 Å². The lowest BCUT2D eigenvalue weighted by Crippen LogP contribution is -2.29. The fraction of sp³-hybridized carbons (Fsp3) is 0.235. The van der Waals surface area contributed by atoms with Gasteiger partial charge >= 0.3 is 0 Å². The molecule has 0 aromatic heterocycles. The van der Waals surface area contributed by atoms with Crippen LogP contribution in [0.2, 0.25) is 0 Å². The number of carbonyl (C=O) groups is 1. The number of aliphatic hydroxyl groups is 1. The lowest BCUT2D eigenvalue weighted by atomic mass is 10.1. The summed E-state index contributed by atoms with van der Waals surface area (Å²) in [6, 6.07) is 11.7. The van der Waals surface area contributed by atoms with Crippen molar-refractivity contribution < 1.29 is 19.7 Å². The number of nitrogens with one attached hydrogen (secondary N) is 1. The Labute approximate surface area is 129 Å². The van der Waals surface area contributed by atoms with E-state index in [4.69, 9.17) is 4.74 Å². The SMILES string of the molecule is COc1cccc(C)c1C(=O)NCC(O)c1cccc(O)c1. The second-order valence-electron chi connectivity index (χ2n) is 4.97. The third-order valence-electron chi connectivity index (χ3n) is 3.39. The first kappa shape index (κ1) is 15.9. The van der Waals surface area contributed by atoms with Crippen molar-refractivity contribution in [1.29, 1.82) is 0 Å². The molecule has 0 spiro atoms. The van der Waals surface area contributed by atoms with Gasteiger partial charge in [-0.3, -0.25) is 4.79 Å².